The summed E-state index contributed by atoms with van der Waals surface area (Å²) in [6.07, 6.45) is 2.86. The second kappa shape index (κ2) is 9.95. The van der Waals surface area contributed by atoms with Gasteiger partial charge in [-0.25, -0.2) is 13.2 Å². The molecule has 2 aromatic carbocycles. The maximum atomic E-state index is 13.1. The normalized spacial score (nSPS) is 11.2. The number of nitrogens with zero attached hydrogens (tertiary/aromatic N) is 2. The van der Waals surface area contributed by atoms with E-state index in [1.165, 1.54) is 61.9 Å². The Hall–Kier alpha value is -2.52. The van der Waals surface area contributed by atoms with Gasteiger partial charge < -0.3 is 9.47 Å². The molecule has 0 bridgehead atoms. The first-order chi connectivity index (χ1) is 15.1. The Morgan fingerprint density at radius 2 is 1.78 bits per heavy atom. The van der Waals surface area contributed by atoms with Gasteiger partial charge in [0.2, 0.25) is 0 Å². The molecule has 0 atom stereocenters. The van der Waals surface area contributed by atoms with Crippen molar-refractivity contribution in [2.45, 2.75) is 11.8 Å². The first kappa shape index (κ1) is 24.1. The Balaban J connectivity index is 2.03. The molecule has 1 aromatic heterocycles. The van der Waals surface area contributed by atoms with Gasteiger partial charge >= 0.3 is 5.97 Å². The van der Waals surface area contributed by atoms with E-state index in [0.717, 1.165) is 4.31 Å². The SMILES string of the molecule is CCOC(=O)c1cc(N(C)S(=O)(=O)c2ccc(Cl)cc2Cl)ccc1Oc1cncc(Cl)c1. The van der Waals surface area contributed by atoms with Gasteiger partial charge in [-0.1, -0.05) is 34.8 Å². The summed E-state index contributed by atoms with van der Waals surface area (Å²) in [6, 6.07) is 9.89. The number of esters is 1. The van der Waals surface area contributed by atoms with Gasteiger partial charge in [-0.2, -0.15) is 0 Å². The van der Waals surface area contributed by atoms with Gasteiger partial charge in [0.1, 0.15) is 22.0 Å². The van der Waals surface area contributed by atoms with Crippen molar-refractivity contribution in [3.05, 3.63) is 75.5 Å². The van der Waals surface area contributed by atoms with E-state index in [9.17, 15) is 13.2 Å². The summed E-state index contributed by atoms with van der Waals surface area (Å²) in [6.45, 7) is 1.78. The van der Waals surface area contributed by atoms with E-state index in [0.29, 0.717) is 15.8 Å². The van der Waals surface area contributed by atoms with Gasteiger partial charge in [0.05, 0.1) is 28.5 Å². The molecule has 0 amide bonds. The van der Waals surface area contributed by atoms with Crippen LogP contribution in [0, 0.1) is 0 Å². The molecule has 0 aliphatic heterocycles. The van der Waals surface area contributed by atoms with E-state index >= 15 is 0 Å². The number of halogens is 3. The quantitative estimate of drug-likeness (QED) is 0.368. The molecule has 32 heavy (non-hydrogen) atoms. The van der Waals surface area contributed by atoms with E-state index in [2.05, 4.69) is 4.98 Å². The molecule has 0 spiro atoms. The van der Waals surface area contributed by atoms with Crippen LogP contribution < -0.4 is 9.04 Å². The molecule has 0 fully saturated rings. The highest BCUT2D eigenvalue weighted by atomic mass is 35.5. The summed E-state index contributed by atoms with van der Waals surface area (Å²) in [7, 11) is -2.71. The summed E-state index contributed by atoms with van der Waals surface area (Å²) >= 11 is 17.9. The third-order valence-corrected chi connectivity index (χ3v) is 6.97. The molecule has 168 valence electrons. The lowest BCUT2D eigenvalue weighted by atomic mass is 10.1. The third kappa shape index (κ3) is 5.27. The monoisotopic (exact) mass is 514 g/mol. The Labute approximate surface area is 200 Å². The molecular weight excluding hydrogens is 499 g/mol. The molecule has 0 aliphatic carbocycles. The molecule has 3 aromatic rings. The highest BCUT2D eigenvalue weighted by molar-refractivity contribution is 7.93. The van der Waals surface area contributed by atoms with E-state index in [4.69, 9.17) is 44.3 Å². The van der Waals surface area contributed by atoms with Gasteiger partial charge in [-0.15, -0.1) is 0 Å². The number of pyridine rings is 1. The standard InChI is InChI=1S/C21H17Cl3N2O5S/c1-3-30-21(27)17-10-15(5-6-19(17)31-16-8-14(23)11-25-12-16)26(2)32(28,29)20-7-4-13(22)9-18(20)24/h4-12H,3H2,1-2H3. The van der Waals surface area contributed by atoms with Crippen molar-refractivity contribution < 1.29 is 22.7 Å². The zero-order chi connectivity index (χ0) is 23.5. The van der Waals surface area contributed by atoms with Crippen molar-refractivity contribution in [1.29, 1.82) is 0 Å². The summed E-state index contributed by atoms with van der Waals surface area (Å²) in [5.74, 6) is -0.244. The Bertz CT molecular complexity index is 1270. The molecule has 7 nitrogen and oxygen atoms in total. The van der Waals surface area contributed by atoms with E-state index < -0.39 is 16.0 Å². The summed E-state index contributed by atoms with van der Waals surface area (Å²) in [4.78, 5) is 16.4. The number of hydrogen-bond donors (Lipinski definition) is 0. The van der Waals surface area contributed by atoms with Crippen LogP contribution in [0.2, 0.25) is 15.1 Å². The van der Waals surface area contributed by atoms with Gasteiger partial charge in [0.25, 0.3) is 10.0 Å². The van der Waals surface area contributed by atoms with Crippen molar-refractivity contribution in [3.8, 4) is 11.5 Å². The maximum absolute atomic E-state index is 13.1. The molecule has 3 rings (SSSR count). The van der Waals surface area contributed by atoms with Gasteiger partial charge in [0.15, 0.2) is 0 Å². The lowest BCUT2D eigenvalue weighted by Gasteiger charge is -2.21. The predicted octanol–water partition coefficient (Wildman–Crippen LogP) is 5.84. The van der Waals surface area contributed by atoms with Crippen LogP contribution in [0.1, 0.15) is 17.3 Å². The minimum absolute atomic E-state index is 0.0218. The van der Waals surface area contributed by atoms with E-state index in [-0.39, 0.29) is 33.5 Å². The third-order valence-electron chi connectivity index (χ3n) is 4.26. The minimum Gasteiger partial charge on any atom is -0.462 e. The Morgan fingerprint density at radius 3 is 2.44 bits per heavy atom. The van der Waals surface area contributed by atoms with Crippen LogP contribution in [0.15, 0.2) is 59.8 Å². The van der Waals surface area contributed by atoms with Gasteiger partial charge in [0, 0.05) is 24.3 Å². The number of aromatic nitrogens is 1. The molecular formula is C21H17Cl3N2O5S. The smallest absolute Gasteiger partial charge is 0.342 e. The molecule has 0 aliphatic rings. The number of carbonyl (C=O) groups is 1. The maximum Gasteiger partial charge on any atom is 0.342 e. The van der Waals surface area contributed by atoms with Crippen LogP contribution in [-0.2, 0) is 14.8 Å². The fourth-order valence-corrected chi connectivity index (χ4v) is 4.81. The van der Waals surface area contributed by atoms with Crippen LogP contribution in [0.25, 0.3) is 0 Å². The molecule has 0 N–H and O–H groups in total. The lowest BCUT2D eigenvalue weighted by molar-refractivity contribution is 0.0523. The molecule has 0 saturated heterocycles. The van der Waals surface area contributed by atoms with Crippen LogP contribution in [0.3, 0.4) is 0 Å². The van der Waals surface area contributed by atoms with Crippen LogP contribution in [0.4, 0.5) is 5.69 Å². The second-order valence-corrected chi connectivity index (χ2v) is 9.61. The lowest BCUT2D eigenvalue weighted by Crippen LogP contribution is -2.27. The fourth-order valence-electron chi connectivity index (χ4n) is 2.72. The van der Waals surface area contributed by atoms with E-state index in [1.54, 1.807) is 6.92 Å². The first-order valence-corrected chi connectivity index (χ1v) is 11.7. The fraction of sp³-hybridized carbons (Fsp3) is 0.143. The van der Waals surface area contributed by atoms with Crippen molar-refractivity contribution in [2.24, 2.45) is 0 Å². The van der Waals surface area contributed by atoms with Crippen molar-refractivity contribution in [3.63, 3.8) is 0 Å². The number of hydrogen-bond acceptors (Lipinski definition) is 6. The number of ether oxygens (including phenoxy) is 2. The summed E-state index contributed by atoms with van der Waals surface area (Å²) in [5.41, 5.74) is 0.212. The van der Waals surface area contributed by atoms with Crippen molar-refractivity contribution in [2.75, 3.05) is 18.0 Å². The van der Waals surface area contributed by atoms with E-state index in [1.807, 2.05) is 0 Å². The molecule has 0 saturated carbocycles. The van der Waals surface area contributed by atoms with Crippen LogP contribution in [0.5, 0.6) is 11.5 Å². The average molecular weight is 516 g/mol. The summed E-state index contributed by atoms with van der Waals surface area (Å²) in [5, 5.41) is 0.629. The topological polar surface area (TPSA) is 85.8 Å². The van der Waals surface area contributed by atoms with Crippen LogP contribution >= 0.6 is 34.8 Å². The zero-order valence-electron chi connectivity index (χ0n) is 16.9. The molecule has 1 heterocycles. The number of benzene rings is 2. The Morgan fingerprint density at radius 1 is 1.03 bits per heavy atom. The number of anilines is 1. The molecule has 11 heteroatoms. The number of rotatable bonds is 7. The van der Waals surface area contributed by atoms with Crippen molar-refractivity contribution >= 4 is 56.5 Å². The summed E-state index contributed by atoms with van der Waals surface area (Å²) < 4.78 is 38.1. The van der Waals surface area contributed by atoms with Crippen LogP contribution in [-0.4, -0.2) is 33.0 Å². The number of sulfonamides is 1. The van der Waals surface area contributed by atoms with Gasteiger partial charge in [-0.3, -0.25) is 9.29 Å². The largest absolute Gasteiger partial charge is 0.462 e. The second-order valence-electron chi connectivity index (χ2n) is 6.39. The average Bonchev–Trinajstić information content (AvgIpc) is 2.73. The van der Waals surface area contributed by atoms with Crippen molar-refractivity contribution in [1.82, 2.24) is 4.98 Å². The zero-order valence-corrected chi connectivity index (χ0v) is 20.0. The van der Waals surface area contributed by atoms with Gasteiger partial charge in [-0.05, 0) is 43.3 Å². The predicted molar refractivity (Wildman–Crippen MR) is 124 cm³/mol. The highest BCUT2D eigenvalue weighted by Crippen LogP contribution is 2.34. The number of carbonyl (C=O) groups excluding carboxylic acids is 1. The molecule has 0 radical (unpaired) electrons. The first-order valence-electron chi connectivity index (χ1n) is 9.17. The minimum atomic E-state index is -4.05. The Kier molecular flexibility index (Phi) is 7.51. The highest BCUT2D eigenvalue weighted by Gasteiger charge is 2.26. The molecule has 0 unspecified atom stereocenters.